The van der Waals surface area contributed by atoms with Crippen molar-refractivity contribution in [2.75, 3.05) is 9.80 Å². The second-order valence-electron chi connectivity index (χ2n) is 21.6. The Hall–Kier alpha value is -8.15. The van der Waals surface area contributed by atoms with Crippen LogP contribution < -0.4 is 9.80 Å². The molecular weight excluding hydrogens is 875 g/mol. The molecule has 9 aromatic rings. The molecule has 5 heteroatoms. The van der Waals surface area contributed by atoms with Crippen molar-refractivity contribution >= 4 is 28.6 Å². The summed E-state index contributed by atoms with van der Waals surface area (Å²) in [4.78, 5) is 20.8. The van der Waals surface area contributed by atoms with Crippen molar-refractivity contribution < 1.29 is 0 Å². The van der Waals surface area contributed by atoms with Gasteiger partial charge >= 0.3 is 0 Å². The van der Waals surface area contributed by atoms with E-state index in [1.807, 2.05) is 6.07 Å². The zero-order chi connectivity index (χ0) is 47.8. The Bertz CT molecular complexity index is 3770. The first-order valence-electron chi connectivity index (χ1n) is 25.9. The number of benzene rings is 8. The third-order valence-electron chi connectivity index (χ3n) is 17.1. The molecule has 0 radical (unpaired) electrons. The molecule has 0 saturated heterocycles. The number of fused-ring (bicyclic) bond motifs is 13. The molecule has 4 aliphatic carbocycles. The highest BCUT2D eigenvalue weighted by atomic mass is 15.3. The minimum Gasteiger partial charge on any atom is -0.333 e. The smallest absolute Gasteiger partial charge is 0.234 e. The van der Waals surface area contributed by atoms with E-state index in [-0.39, 0.29) is 17.4 Å². The van der Waals surface area contributed by atoms with Crippen LogP contribution in [0, 0.1) is 5.92 Å². The summed E-state index contributed by atoms with van der Waals surface area (Å²) < 4.78 is 0. The van der Waals surface area contributed by atoms with Gasteiger partial charge in [-0.2, -0.15) is 9.97 Å². The standard InChI is InChI=1S/C67H53N5/c1-40-15-14-20-48(33-40)65-68-64(41-16-6-4-7-17-41)69-66(70-65)72-61-32-28-45(37-55(61)57-39-47-19-11-13-24-51(47)63(57)72)43-26-30-59-53(35-43)52-34-42(25-29-58(52)67(59,2)3)44-27-31-60-54(36-44)56-38-46-18-10-12-23-50(46)62(56)71(60)49-21-8-5-9-22-49/h4-14,16-37,40,56-57,62-63H,15,38-39H2,1-3H3/t40-,56?,57?,62?,63?/m0/s1. The molecule has 2 aliphatic heterocycles. The van der Waals surface area contributed by atoms with Gasteiger partial charge in [-0.1, -0.05) is 172 Å². The van der Waals surface area contributed by atoms with Gasteiger partial charge in [0.1, 0.15) is 0 Å². The van der Waals surface area contributed by atoms with Crippen molar-refractivity contribution in [2.45, 2.75) is 69.4 Å². The van der Waals surface area contributed by atoms with Crippen molar-refractivity contribution in [3.05, 3.63) is 251 Å². The minimum absolute atomic E-state index is 0.0711. The lowest BCUT2D eigenvalue weighted by Gasteiger charge is -2.28. The molecule has 0 bridgehead atoms. The van der Waals surface area contributed by atoms with Crippen LogP contribution in [0.4, 0.5) is 23.0 Å². The van der Waals surface area contributed by atoms with Gasteiger partial charge in [-0.25, -0.2) is 4.98 Å². The fourth-order valence-electron chi connectivity index (χ4n) is 13.7. The highest BCUT2D eigenvalue weighted by molar-refractivity contribution is 5.89. The molecule has 5 atom stereocenters. The van der Waals surface area contributed by atoms with Crippen LogP contribution in [0.3, 0.4) is 0 Å². The maximum Gasteiger partial charge on any atom is 0.234 e. The maximum absolute atomic E-state index is 5.35. The summed E-state index contributed by atoms with van der Waals surface area (Å²) in [5.74, 6) is 3.19. The number of allylic oxidation sites excluding steroid dienone is 4. The number of nitrogens with zero attached hydrogens (tertiary/aromatic N) is 5. The summed E-state index contributed by atoms with van der Waals surface area (Å²) in [5, 5.41) is 0. The van der Waals surface area contributed by atoms with Crippen LogP contribution in [0.5, 0.6) is 0 Å². The van der Waals surface area contributed by atoms with Gasteiger partial charge in [0.2, 0.25) is 5.95 Å². The molecule has 3 heterocycles. The SMILES string of the molecule is C[C@@H]1C=C(c2nc(-c3ccccc3)nc(N3c4ccc(-c5ccc6c(c5)-c5cc(-c7ccc8c(c7)C7Cc9ccccc9C7N8c7ccccc7)ccc5C6(C)C)cc4C4Cc5ccccc5C43)n2)C=CC1. The Balaban J connectivity index is 0.818. The second kappa shape index (κ2) is 15.7. The lowest BCUT2D eigenvalue weighted by Crippen LogP contribution is -2.23. The predicted molar refractivity (Wildman–Crippen MR) is 293 cm³/mol. The Morgan fingerprint density at radius 1 is 0.472 bits per heavy atom. The highest BCUT2D eigenvalue weighted by Crippen LogP contribution is 2.60. The van der Waals surface area contributed by atoms with E-state index >= 15 is 0 Å². The number of hydrogen-bond acceptors (Lipinski definition) is 5. The van der Waals surface area contributed by atoms with Gasteiger partial charge in [0.15, 0.2) is 11.6 Å². The van der Waals surface area contributed by atoms with E-state index in [9.17, 15) is 0 Å². The van der Waals surface area contributed by atoms with Crippen LogP contribution in [-0.4, -0.2) is 15.0 Å². The molecule has 0 spiro atoms. The summed E-state index contributed by atoms with van der Waals surface area (Å²) >= 11 is 0. The molecule has 0 amide bonds. The number of para-hydroxylation sites is 1. The summed E-state index contributed by atoms with van der Waals surface area (Å²) in [6, 6.07) is 68.6. The van der Waals surface area contributed by atoms with Gasteiger partial charge in [-0.3, -0.25) is 0 Å². The molecule has 0 fully saturated rings. The van der Waals surface area contributed by atoms with E-state index in [4.69, 9.17) is 15.0 Å². The van der Waals surface area contributed by atoms with Crippen LogP contribution in [0.1, 0.15) is 101 Å². The van der Waals surface area contributed by atoms with E-state index in [0.29, 0.717) is 29.7 Å². The highest BCUT2D eigenvalue weighted by Gasteiger charge is 2.48. The first kappa shape index (κ1) is 41.6. The Kier molecular flexibility index (Phi) is 9.06. The van der Waals surface area contributed by atoms with Crippen LogP contribution in [0.25, 0.3) is 50.3 Å². The van der Waals surface area contributed by atoms with Crippen molar-refractivity contribution in [3.63, 3.8) is 0 Å². The largest absolute Gasteiger partial charge is 0.333 e. The van der Waals surface area contributed by atoms with Crippen LogP contribution in [0.15, 0.2) is 200 Å². The Morgan fingerprint density at radius 3 is 1.60 bits per heavy atom. The monoisotopic (exact) mass is 927 g/mol. The second-order valence-corrected chi connectivity index (χ2v) is 21.6. The molecule has 0 saturated carbocycles. The molecule has 8 aromatic carbocycles. The molecule has 6 aliphatic rings. The normalized spacial score (nSPS) is 21.0. The summed E-state index contributed by atoms with van der Waals surface area (Å²) in [6.45, 7) is 7.04. The maximum atomic E-state index is 5.35. The zero-order valence-corrected chi connectivity index (χ0v) is 40.8. The minimum atomic E-state index is -0.122. The third kappa shape index (κ3) is 6.22. The van der Waals surface area contributed by atoms with Crippen molar-refractivity contribution in [2.24, 2.45) is 5.92 Å². The van der Waals surface area contributed by atoms with E-state index in [0.717, 1.165) is 36.2 Å². The molecule has 5 nitrogen and oxygen atoms in total. The molecule has 4 unspecified atom stereocenters. The summed E-state index contributed by atoms with van der Waals surface area (Å²) in [6.07, 6.45) is 9.78. The van der Waals surface area contributed by atoms with Gasteiger partial charge in [0, 0.05) is 45.4 Å². The average Bonchev–Trinajstić information content (AvgIpc) is 4.21. The van der Waals surface area contributed by atoms with Gasteiger partial charge in [0.25, 0.3) is 0 Å². The number of rotatable bonds is 6. The fraction of sp³-hybridized carbons (Fsp3) is 0.179. The first-order chi connectivity index (χ1) is 35.3. The van der Waals surface area contributed by atoms with Gasteiger partial charge in [0.05, 0.1) is 12.1 Å². The molecule has 346 valence electrons. The number of aromatic nitrogens is 3. The Labute approximate surface area is 421 Å². The van der Waals surface area contributed by atoms with Crippen LogP contribution in [0.2, 0.25) is 0 Å². The lowest BCUT2D eigenvalue weighted by atomic mass is 9.81. The van der Waals surface area contributed by atoms with Gasteiger partial charge < -0.3 is 9.80 Å². The van der Waals surface area contributed by atoms with Crippen LogP contribution >= 0.6 is 0 Å². The number of hydrogen-bond donors (Lipinski definition) is 0. The molecule has 1 aromatic heterocycles. The molecule has 72 heavy (non-hydrogen) atoms. The van der Waals surface area contributed by atoms with E-state index in [2.05, 4.69) is 225 Å². The van der Waals surface area contributed by atoms with E-state index in [1.165, 1.54) is 95.0 Å². The lowest BCUT2D eigenvalue weighted by molar-refractivity contribution is 0.624. The Morgan fingerprint density at radius 2 is 0.986 bits per heavy atom. The van der Waals surface area contributed by atoms with Crippen molar-refractivity contribution in [1.82, 2.24) is 15.0 Å². The first-order valence-corrected chi connectivity index (χ1v) is 25.9. The fourth-order valence-corrected chi connectivity index (χ4v) is 13.7. The van der Waals surface area contributed by atoms with Gasteiger partial charge in [-0.05, 0) is 152 Å². The predicted octanol–water partition coefficient (Wildman–Crippen LogP) is 16.2. The summed E-state index contributed by atoms with van der Waals surface area (Å²) in [7, 11) is 0. The quantitative estimate of drug-likeness (QED) is 0.166. The third-order valence-corrected chi connectivity index (χ3v) is 17.1. The molecule has 0 N–H and O–H groups in total. The van der Waals surface area contributed by atoms with Gasteiger partial charge in [-0.15, -0.1) is 0 Å². The zero-order valence-electron chi connectivity index (χ0n) is 40.8. The summed E-state index contributed by atoms with van der Waals surface area (Å²) in [5.41, 5.74) is 24.6. The van der Waals surface area contributed by atoms with Crippen molar-refractivity contribution in [3.8, 4) is 44.8 Å². The van der Waals surface area contributed by atoms with E-state index in [1.54, 1.807) is 0 Å². The molecular formula is C67H53N5. The average molecular weight is 928 g/mol. The number of anilines is 4. The van der Waals surface area contributed by atoms with Crippen molar-refractivity contribution in [1.29, 1.82) is 0 Å². The topological polar surface area (TPSA) is 45.2 Å². The van der Waals surface area contributed by atoms with Crippen LogP contribution in [-0.2, 0) is 18.3 Å². The molecule has 15 rings (SSSR count). The van der Waals surface area contributed by atoms with E-state index < -0.39 is 0 Å².